The van der Waals surface area contributed by atoms with Crippen molar-refractivity contribution in [1.29, 1.82) is 0 Å². The minimum Gasteiger partial charge on any atom is -0.366 e. The van der Waals surface area contributed by atoms with E-state index in [9.17, 15) is 9.18 Å². The lowest BCUT2D eigenvalue weighted by Crippen LogP contribution is -2.43. The molecule has 7 nitrogen and oxygen atoms in total. The Bertz CT molecular complexity index is 1600. The van der Waals surface area contributed by atoms with Crippen LogP contribution in [0.1, 0.15) is 23.3 Å². The molecular weight excluding hydrogens is 475 g/mol. The van der Waals surface area contributed by atoms with Gasteiger partial charge in [0.1, 0.15) is 21.9 Å². The van der Waals surface area contributed by atoms with E-state index < -0.39 is 0 Å². The Morgan fingerprint density at radius 1 is 1.14 bits per heavy atom. The molecule has 4 heterocycles. The Labute approximate surface area is 210 Å². The number of pyridine rings is 2. The van der Waals surface area contributed by atoms with Gasteiger partial charge >= 0.3 is 0 Å². The molecule has 9 heteroatoms. The number of rotatable bonds is 4. The van der Waals surface area contributed by atoms with Gasteiger partial charge in [0.2, 0.25) is 0 Å². The number of piperidine rings is 1. The summed E-state index contributed by atoms with van der Waals surface area (Å²) in [5, 5.41) is 3.86. The first-order valence-electron chi connectivity index (χ1n) is 11.8. The van der Waals surface area contributed by atoms with Gasteiger partial charge in [-0.2, -0.15) is 0 Å². The third kappa shape index (κ3) is 4.16. The molecule has 1 amide bonds. The van der Waals surface area contributed by atoms with E-state index in [2.05, 4.69) is 25.2 Å². The highest BCUT2D eigenvalue weighted by Crippen LogP contribution is 2.36. The lowest BCUT2D eigenvalue weighted by Gasteiger charge is -2.33. The fourth-order valence-corrected chi connectivity index (χ4v) is 5.36. The zero-order chi connectivity index (χ0) is 24.6. The van der Waals surface area contributed by atoms with Gasteiger partial charge in [-0.15, -0.1) is 11.3 Å². The molecule has 3 aromatic heterocycles. The molecule has 1 aliphatic heterocycles. The standard InChI is InChI=1S/C27H23FN6OS/c28-20-6-2-1-5-19(20)17-8-7-16-9-10-21(32-22(16)12-17)26(35)33-23-13-30-27-24(31-15-36-27)25(23)34-11-3-4-18(29)14-34/h1-2,5-10,12-13,15,18H,3-4,11,14,29H2,(H,33,35)/t18-/m0/s1. The Kier molecular flexibility index (Phi) is 5.79. The van der Waals surface area contributed by atoms with Crippen LogP contribution in [0.3, 0.4) is 0 Å². The molecule has 6 rings (SSSR count). The molecular formula is C27H23FN6OS. The molecule has 2 aromatic carbocycles. The van der Waals surface area contributed by atoms with Crippen LogP contribution in [0.2, 0.25) is 0 Å². The summed E-state index contributed by atoms with van der Waals surface area (Å²) in [7, 11) is 0. The Hall–Kier alpha value is -3.95. The predicted octanol–water partition coefficient (Wildman–Crippen LogP) is 5.23. The minimum atomic E-state index is -0.355. The zero-order valence-corrected chi connectivity index (χ0v) is 20.1. The number of thiazole rings is 1. The van der Waals surface area contributed by atoms with Crippen molar-refractivity contribution in [3.05, 3.63) is 77.8 Å². The maximum atomic E-state index is 14.3. The molecule has 3 N–H and O–H groups in total. The van der Waals surface area contributed by atoms with Gasteiger partial charge in [0.15, 0.2) is 0 Å². The van der Waals surface area contributed by atoms with Crippen LogP contribution in [0.25, 0.3) is 32.4 Å². The van der Waals surface area contributed by atoms with E-state index in [1.54, 1.807) is 42.0 Å². The quantitative estimate of drug-likeness (QED) is 0.352. The molecule has 0 aliphatic carbocycles. The number of nitrogens with zero attached hydrogens (tertiary/aromatic N) is 4. The zero-order valence-electron chi connectivity index (χ0n) is 19.3. The highest BCUT2D eigenvalue weighted by molar-refractivity contribution is 7.16. The molecule has 0 radical (unpaired) electrons. The average molecular weight is 499 g/mol. The number of hydrogen-bond acceptors (Lipinski definition) is 7. The molecule has 180 valence electrons. The molecule has 1 saturated heterocycles. The van der Waals surface area contributed by atoms with Gasteiger partial charge in [-0.3, -0.25) is 4.79 Å². The summed E-state index contributed by atoms with van der Waals surface area (Å²) in [5.41, 5.74) is 12.2. The summed E-state index contributed by atoms with van der Waals surface area (Å²) < 4.78 is 14.3. The third-order valence-corrected chi connectivity index (χ3v) is 7.20. The molecule has 0 bridgehead atoms. The SMILES string of the molecule is N[C@H]1CCCN(c2c(NC(=O)c3ccc4ccc(-c5ccccc5F)cc4n3)cnc3scnc23)C1. The second-order valence-electron chi connectivity index (χ2n) is 8.91. The van der Waals surface area contributed by atoms with Gasteiger partial charge in [0, 0.05) is 30.1 Å². The van der Waals surface area contributed by atoms with E-state index >= 15 is 0 Å². The van der Waals surface area contributed by atoms with E-state index in [0.717, 1.165) is 40.8 Å². The summed E-state index contributed by atoms with van der Waals surface area (Å²) in [4.78, 5) is 29.9. The second-order valence-corrected chi connectivity index (χ2v) is 9.75. The van der Waals surface area contributed by atoms with E-state index in [1.807, 2.05) is 18.2 Å². The second kappa shape index (κ2) is 9.25. The lowest BCUT2D eigenvalue weighted by molar-refractivity contribution is 0.102. The van der Waals surface area contributed by atoms with Crippen LogP contribution < -0.4 is 16.0 Å². The van der Waals surface area contributed by atoms with E-state index in [0.29, 0.717) is 28.9 Å². The Balaban J connectivity index is 1.35. The van der Waals surface area contributed by atoms with Crippen molar-refractivity contribution in [1.82, 2.24) is 15.0 Å². The molecule has 5 aromatic rings. The fourth-order valence-electron chi connectivity index (χ4n) is 4.72. The van der Waals surface area contributed by atoms with Crippen LogP contribution >= 0.6 is 11.3 Å². The first-order valence-corrected chi connectivity index (χ1v) is 12.6. The topological polar surface area (TPSA) is 97.0 Å². The number of halogens is 1. The summed E-state index contributed by atoms with van der Waals surface area (Å²) in [6.07, 6.45) is 3.61. The van der Waals surface area contributed by atoms with Gasteiger partial charge in [-0.05, 0) is 36.6 Å². The maximum Gasteiger partial charge on any atom is 0.274 e. The van der Waals surface area contributed by atoms with Gasteiger partial charge in [0.25, 0.3) is 5.91 Å². The van der Waals surface area contributed by atoms with Crippen LogP contribution in [0, 0.1) is 5.82 Å². The molecule has 0 spiro atoms. The number of carbonyl (C=O) groups excluding carboxylic acids is 1. The maximum absolute atomic E-state index is 14.3. The van der Waals surface area contributed by atoms with Crippen LogP contribution in [0.5, 0.6) is 0 Å². The monoisotopic (exact) mass is 498 g/mol. The number of amides is 1. The molecule has 1 aliphatic rings. The van der Waals surface area contributed by atoms with Crippen molar-refractivity contribution < 1.29 is 9.18 Å². The number of nitrogens with one attached hydrogen (secondary N) is 1. The summed E-state index contributed by atoms with van der Waals surface area (Å²) >= 11 is 1.46. The minimum absolute atomic E-state index is 0.0648. The van der Waals surface area contributed by atoms with E-state index in [1.165, 1.54) is 17.4 Å². The van der Waals surface area contributed by atoms with Crippen LogP contribution in [0.4, 0.5) is 15.8 Å². The van der Waals surface area contributed by atoms with Crippen LogP contribution in [-0.2, 0) is 0 Å². The van der Waals surface area contributed by atoms with Crippen molar-refractivity contribution in [2.24, 2.45) is 5.73 Å². The first-order chi connectivity index (χ1) is 17.6. The number of benzene rings is 2. The summed E-state index contributed by atoms with van der Waals surface area (Å²) in [6.45, 7) is 1.52. The molecule has 36 heavy (non-hydrogen) atoms. The normalized spacial score (nSPS) is 15.9. The van der Waals surface area contributed by atoms with Gasteiger partial charge in [0.05, 0.1) is 28.6 Å². The first kappa shape index (κ1) is 22.5. The van der Waals surface area contributed by atoms with Gasteiger partial charge in [-0.1, -0.05) is 36.4 Å². The van der Waals surface area contributed by atoms with E-state index in [-0.39, 0.29) is 23.5 Å². The average Bonchev–Trinajstić information content (AvgIpc) is 3.37. The van der Waals surface area contributed by atoms with Crippen molar-refractivity contribution in [3.8, 4) is 11.1 Å². The van der Waals surface area contributed by atoms with Crippen molar-refractivity contribution in [3.63, 3.8) is 0 Å². The number of fused-ring (bicyclic) bond motifs is 2. The lowest BCUT2D eigenvalue weighted by atomic mass is 10.0. The van der Waals surface area contributed by atoms with Crippen LogP contribution in [0.15, 0.2) is 66.3 Å². The smallest absolute Gasteiger partial charge is 0.274 e. The predicted molar refractivity (Wildman–Crippen MR) is 142 cm³/mol. The molecule has 1 atom stereocenters. The van der Waals surface area contributed by atoms with E-state index in [4.69, 9.17) is 5.73 Å². The van der Waals surface area contributed by atoms with Gasteiger partial charge < -0.3 is 16.0 Å². The molecule has 1 fully saturated rings. The number of carbonyl (C=O) groups is 1. The number of nitrogens with two attached hydrogens (primary N) is 1. The summed E-state index contributed by atoms with van der Waals surface area (Å²) in [5.74, 6) is -0.659. The third-order valence-electron chi connectivity index (χ3n) is 6.47. The largest absolute Gasteiger partial charge is 0.366 e. The van der Waals surface area contributed by atoms with Gasteiger partial charge in [-0.25, -0.2) is 19.3 Å². The highest BCUT2D eigenvalue weighted by Gasteiger charge is 2.24. The van der Waals surface area contributed by atoms with Crippen molar-refractivity contribution >= 4 is 49.9 Å². The molecule has 0 unspecified atom stereocenters. The number of anilines is 2. The molecule has 0 saturated carbocycles. The van der Waals surface area contributed by atoms with Crippen molar-refractivity contribution in [2.75, 3.05) is 23.3 Å². The fraction of sp³-hybridized carbons (Fsp3) is 0.185. The summed E-state index contributed by atoms with van der Waals surface area (Å²) in [6, 6.07) is 15.7. The highest BCUT2D eigenvalue weighted by atomic mass is 32.1. The Morgan fingerprint density at radius 3 is 2.86 bits per heavy atom. The number of hydrogen-bond donors (Lipinski definition) is 2. The van der Waals surface area contributed by atoms with Crippen molar-refractivity contribution in [2.45, 2.75) is 18.9 Å². The Morgan fingerprint density at radius 2 is 2.00 bits per heavy atom. The van der Waals surface area contributed by atoms with Crippen LogP contribution in [-0.4, -0.2) is 40.0 Å². The number of aromatic nitrogens is 3.